The van der Waals surface area contributed by atoms with Crippen LogP contribution >= 0.6 is 0 Å². The SMILES string of the molecule is NCC(CC(=O)O)c1cc2c([nH]1)CCCC2. The van der Waals surface area contributed by atoms with Crippen LogP contribution in [0, 0.1) is 0 Å². The highest BCUT2D eigenvalue weighted by molar-refractivity contribution is 5.68. The highest BCUT2D eigenvalue weighted by Gasteiger charge is 2.19. The number of carboxylic acid groups (broad SMARTS) is 1. The number of H-pyrrole nitrogens is 1. The first kappa shape index (κ1) is 11.2. The van der Waals surface area contributed by atoms with Crippen LogP contribution in [0.15, 0.2) is 6.07 Å². The molecule has 88 valence electrons. The molecule has 1 unspecified atom stereocenters. The van der Waals surface area contributed by atoms with Crippen LogP contribution in [0.4, 0.5) is 0 Å². The second-order valence-corrected chi connectivity index (χ2v) is 4.47. The van der Waals surface area contributed by atoms with E-state index in [1.54, 1.807) is 0 Å². The fraction of sp³-hybridized carbons (Fsp3) is 0.583. The molecule has 4 heteroatoms. The van der Waals surface area contributed by atoms with Crippen molar-refractivity contribution in [2.45, 2.75) is 38.0 Å². The van der Waals surface area contributed by atoms with Gasteiger partial charge in [0.1, 0.15) is 0 Å². The predicted molar refractivity (Wildman–Crippen MR) is 61.5 cm³/mol. The molecule has 1 aromatic rings. The summed E-state index contributed by atoms with van der Waals surface area (Å²) in [5.41, 5.74) is 9.26. The van der Waals surface area contributed by atoms with Crippen LogP contribution in [-0.4, -0.2) is 22.6 Å². The summed E-state index contributed by atoms with van der Waals surface area (Å²) in [6.07, 6.45) is 4.75. The molecule has 0 saturated heterocycles. The zero-order valence-electron chi connectivity index (χ0n) is 9.33. The van der Waals surface area contributed by atoms with Gasteiger partial charge in [0.25, 0.3) is 0 Å². The number of nitrogens with one attached hydrogen (secondary N) is 1. The third-order valence-corrected chi connectivity index (χ3v) is 3.28. The van der Waals surface area contributed by atoms with Crippen LogP contribution in [0.5, 0.6) is 0 Å². The van der Waals surface area contributed by atoms with Crippen LogP contribution in [0.25, 0.3) is 0 Å². The molecule has 0 aliphatic heterocycles. The minimum Gasteiger partial charge on any atom is -0.481 e. The summed E-state index contributed by atoms with van der Waals surface area (Å²) in [6, 6.07) is 2.11. The highest BCUT2D eigenvalue weighted by Crippen LogP contribution is 2.26. The Labute approximate surface area is 94.8 Å². The van der Waals surface area contributed by atoms with Crippen molar-refractivity contribution in [2.75, 3.05) is 6.54 Å². The molecule has 0 aromatic carbocycles. The quantitative estimate of drug-likeness (QED) is 0.720. The number of aromatic nitrogens is 1. The topological polar surface area (TPSA) is 79.1 Å². The van der Waals surface area contributed by atoms with Crippen molar-refractivity contribution in [3.8, 4) is 0 Å². The first-order valence-corrected chi connectivity index (χ1v) is 5.83. The largest absolute Gasteiger partial charge is 0.481 e. The Morgan fingerprint density at radius 3 is 2.88 bits per heavy atom. The Balaban J connectivity index is 2.18. The molecule has 0 amide bonds. The van der Waals surface area contributed by atoms with Gasteiger partial charge in [-0.05, 0) is 37.3 Å². The van der Waals surface area contributed by atoms with Gasteiger partial charge in [0, 0.05) is 23.9 Å². The Bertz CT molecular complexity index is 361. The standard InChI is InChI=1S/C12H18N2O2/c13-7-9(6-12(15)16)11-5-8-3-1-2-4-10(8)14-11/h5,9,14H,1-4,6-7,13H2,(H,15,16). The van der Waals surface area contributed by atoms with Crippen LogP contribution in [0.1, 0.15) is 42.1 Å². The summed E-state index contributed by atoms with van der Waals surface area (Å²) in [5, 5.41) is 8.81. The summed E-state index contributed by atoms with van der Waals surface area (Å²) in [7, 11) is 0. The lowest BCUT2D eigenvalue weighted by atomic mass is 9.97. The molecular weight excluding hydrogens is 204 g/mol. The number of aromatic amines is 1. The number of carbonyl (C=O) groups is 1. The first-order chi connectivity index (χ1) is 7.70. The minimum atomic E-state index is -0.789. The fourth-order valence-corrected chi connectivity index (χ4v) is 2.38. The predicted octanol–water partition coefficient (Wildman–Crippen LogP) is 1.41. The zero-order chi connectivity index (χ0) is 11.5. The molecule has 1 atom stereocenters. The van der Waals surface area contributed by atoms with Crippen molar-refractivity contribution >= 4 is 5.97 Å². The van der Waals surface area contributed by atoms with Crippen molar-refractivity contribution < 1.29 is 9.90 Å². The van der Waals surface area contributed by atoms with Gasteiger partial charge in [-0.2, -0.15) is 0 Å². The molecule has 0 radical (unpaired) electrons. The van der Waals surface area contributed by atoms with Gasteiger partial charge in [-0.1, -0.05) is 0 Å². The Hall–Kier alpha value is -1.29. The molecule has 0 spiro atoms. The maximum absolute atomic E-state index is 10.7. The molecule has 4 N–H and O–H groups in total. The van der Waals surface area contributed by atoms with E-state index in [9.17, 15) is 4.79 Å². The van der Waals surface area contributed by atoms with Crippen molar-refractivity contribution in [1.82, 2.24) is 4.98 Å². The molecular formula is C12H18N2O2. The molecule has 1 aliphatic rings. The van der Waals surface area contributed by atoms with E-state index in [0.717, 1.165) is 18.5 Å². The molecule has 0 saturated carbocycles. The van der Waals surface area contributed by atoms with E-state index in [1.165, 1.54) is 24.1 Å². The molecule has 1 aromatic heterocycles. The third-order valence-electron chi connectivity index (χ3n) is 3.28. The van der Waals surface area contributed by atoms with Crippen molar-refractivity contribution in [1.29, 1.82) is 0 Å². The number of aliphatic carboxylic acids is 1. The average Bonchev–Trinajstić information content (AvgIpc) is 2.68. The highest BCUT2D eigenvalue weighted by atomic mass is 16.4. The van der Waals surface area contributed by atoms with Crippen molar-refractivity contribution in [3.63, 3.8) is 0 Å². The summed E-state index contributed by atoms with van der Waals surface area (Å²) in [6.45, 7) is 0.381. The number of nitrogens with two attached hydrogens (primary N) is 1. The number of fused-ring (bicyclic) bond motifs is 1. The number of rotatable bonds is 4. The molecule has 16 heavy (non-hydrogen) atoms. The summed E-state index contributed by atoms with van der Waals surface area (Å²) in [5.74, 6) is -0.869. The smallest absolute Gasteiger partial charge is 0.304 e. The van der Waals surface area contributed by atoms with Gasteiger partial charge in [0.2, 0.25) is 0 Å². The molecule has 0 bridgehead atoms. The Morgan fingerprint density at radius 2 is 2.25 bits per heavy atom. The molecule has 4 nitrogen and oxygen atoms in total. The summed E-state index contributed by atoms with van der Waals surface area (Å²) in [4.78, 5) is 14.1. The second-order valence-electron chi connectivity index (χ2n) is 4.47. The third kappa shape index (κ3) is 2.27. The van der Waals surface area contributed by atoms with Crippen molar-refractivity contribution in [2.24, 2.45) is 5.73 Å². The van der Waals surface area contributed by atoms with Crippen LogP contribution in [0.3, 0.4) is 0 Å². The van der Waals surface area contributed by atoms with E-state index in [-0.39, 0.29) is 12.3 Å². The maximum atomic E-state index is 10.7. The number of aryl methyl sites for hydroxylation is 2. The summed E-state index contributed by atoms with van der Waals surface area (Å²) >= 11 is 0. The number of carboxylic acids is 1. The van der Waals surface area contributed by atoms with Crippen LogP contribution < -0.4 is 5.73 Å². The minimum absolute atomic E-state index is 0.0805. The van der Waals surface area contributed by atoms with Gasteiger partial charge in [-0.3, -0.25) is 4.79 Å². The van der Waals surface area contributed by atoms with E-state index in [4.69, 9.17) is 10.8 Å². The van der Waals surface area contributed by atoms with E-state index >= 15 is 0 Å². The molecule has 2 rings (SSSR count). The molecule has 0 fully saturated rings. The van der Waals surface area contributed by atoms with Crippen molar-refractivity contribution in [3.05, 3.63) is 23.0 Å². The van der Waals surface area contributed by atoms with Gasteiger partial charge in [-0.15, -0.1) is 0 Å². The van der Waals surface area contributed by atoms with E-state index in [1.807, 2.05) is 0 Å². The molecule has 1 heterocycles. The number of hydrogen-bond acceptors (Lipinski definition) is 2. The lowest BCUT2D eigenvalue weighted by molar-refractivity contribution is -0.137. The van der Waals surface area contributed by atoms with Gasteiger partial charge in [0.15, 0.2) is 0 Å². The van der Waals surface area contributed by atoms with Gasteiger partial charge >= 0.3 is 5.97 Å². The zero-order valence-corrected chi connectivity index (χ0v) is 9.33. The van der Waals surface area contributed by atoms with E-state index in [2.05, 4.69) is 11.1 Å². The lowest BCUT2D eigenvalue weighted by Gasteiger charge is -2.10. The lowest BCUT2D eigenvalue weighted by Crippen LogP contribution is -2.16. The Morgan fingerprint density at radius 1 is 1.50 bits per heavy atom. The van der Waals surface area contributed by atoms with Gasteiger partial charge in [-0.25, -0.2) is 0 Å². The number of hydrogen-bond donors (Lipinski definition) is 3. The molecule has 1 aliphatic carbocycles. The Kier molecular flexibility index (Phi) is 3.29. The summed E-state index contributed by atoms with van der Waals surface area (Å²) < 4.78 is 0. The fourth-order valence-electron chi connectivity index (χ4n) is 2.38. The van der Waals surface area contributed by atoms with Crippen LogP contribution in [0.2, 0.25) is 0 Å². The van der Waals surface area contributed by atoms with Gasteiger partial charge < -0.3 is 15.8 Å². The first-order valence-electron chi connectivity index (χ1n) is 5.83. The van der Waals surface area contributed by atoms with Gasteiger partial charge in [0.05, 0.1) is 6.42 Å². The second kappa shape index (κ2) is 4.70. The van der Waals surface area contributed by atoms with E-state index < -0.39 is 5.97 Å². The maximum Gasteiger partial charge on any atom is 0.304 e. The average molecular weight is 222 g/mol. The van der Waals surface area contributed by atoms with E-state index in [0.29, 0.717) is 6.54 Å². The monoisotopic (exact) mass is 222 g/mol. The normalized spacial score (nSPS) is 16.8. The van der Waals surface area contributed by atoms with Crippen LogP contribution in [-0.2, 0) is 17.6 Å².